The summed E-state index contributed by atoms with van der Waals surface area (Å²) in [6.45, 7) is 5.47. The zero-order valence-corrected chi connectivity index (χ0v) is 12.2. The minimum absolute atomic E-state index is 0.0298. The first-order valence-corrected chi connectivity index (χ1v) is 7.13. The molecule has 0 aliphatic carbocycles. The molecule has 0 aliphatic rings. The van der Waals surface area contributed by atoms with Gasteiger partial charge < -0.3 is 0 Å². The molecule has 0 saturated heterocycles. The van der Waals surface area contributed by atoms with Gasteiger partial charge in [-0.3, -0.25) is 9.59 Å². The lowest BCUT2D eigenvalue weighted by Gasteiger charge is -2.25. The number of benzene rings is 1. The third-order valence-electron chi connectivity index (χ3n) is 3.84. The summed E-state index contributed by atoms with van der Waals surface area (Å²) in [5.74, 6) is -0.0741. The minimum atomic E-state index is -0.866. The van der Waals surface area contributed by atoms with Crippen molar-refractivity contribution in [3.8, 4) is 0 Å². The van der Waals surface area contributed by atoms with E-state index in [4.69, 9.17) is 0 Å². The zero-order valence-electron chi connectivity index (χ0n) is 12.2. The van der Waals surface area contributed by atoms with Gasteiger partial charge in [0, 0.05) is 5.56 Å². The molecule has 1 aromatic rings. The highest BCUT2D eigenvalue weighted by Gasteiger charge is 2.37. The summed E-state index contributed by atoms with van der Waals surface area (Å²) in [7, 11) is 0. The lowest BCUT2D eigenvalue weighted by atomic mass is 9.75. The van der Waals surface area contributed by atoms with Crippen molar-refractivity contribution in [2.24, 2.45) is 5.41 Å². The molecule has 0 N–H and O–H groups in total. The minimum Gasteiger partial charge on any atom is -0.299 e. The topological polar surface area (TPSA) is 34.1 Å². The maximum absolute atomic E-state index is 12.6. The van der Waals surface area contributed by atoms with Crippen LogP contribution in [0.1, 0.15) is 63.2 Å². The average Bonchev–Trinajstić information content (AvgIpc) is 2.43. The molecule has 1 unspecified atom stereocenters. The summed E-state index contributed by atoms with van der Waals surface area (Å²) in [5, 5.41) is 0. The fourth-order valence-electron chi connectivity index (χ4n) is 2.26. The quantitative estimate of drug-likeness (QED) is 0.393. The molecular formula is C17H24O2. The molecule has 0 aromatic heterocycles. The van der Waals surface area contributed by atoms with Gasteiger partial charge in [-0.25, -0.2) is 0 Å². The van der Waals surface area contributed by atoms with Crippen LogP contribution in [0.3, 0.4) is 0 Å². The van der Waals surface area contributed by atoms with E-state index in [1.165, 1.54) is 6.92 Å². The van der Waals surface area contributed by atoms with Crippen LogP contribution in [0.15, 0.2) is 30.3 Å². The van der Waals surface area contributed by atoms with Crippen molar-refractivity contribution in [3.05, 3.63) is 35.9 Å². The van der Waals surface area contributed by atoms with Crippen LogP contribution in [-0.4, -0.2) is 11.6 Å². The van der Waals surface area contributed by atoms with E-state index in [9.17, 15) is 9.59 Å². The third kappa shape index (κ3) is 4.02. The van der Waals surface area contributed by atoms with Crippen LogP contribution in [0.2, 0.25) is 0 Å². The summed E-state index contributed by atoms with van der Waals surface area (Å²) in [6, 6.07) is 9.13. The molecule has 0 spiro atoms. The summed E-state index contributed by atoms with van der Waals surface area (Å²) in [5.41, 5.74) is -0.231. The number of hydrogen-bond acceptors (Lipinski definition) is 2. The van der Waals surface area contributed by atoms with E-state index in [1.54, 1.807) is 19.1 Å². The van der Waals surface area contributed by atoms with Gasteiger partial charge in [-0.1, -0.05) is 62.9 Å². The Hall–Kier alpha value is -1.44. The van der Waals surface area contributed by atoms with Gasteiger partial charge in [-0.15, -0.1) is 0 Å². The van der Waals surface area contributed by atoms with Gasteiger partial charge in [0.1, 0.15) is 5.78 Å². The van der Waals surface area contributed by atoms with E-state index in [2.05, 4.69) is 6.92 Å². The van der Waals surface area contributed by atoms with E-state index in [0.717, 1.165) is 25.7 Å². The van der Waals surface area contributed by atoms with Gasteiger partial charge in [0.15, 0.2) is 5.78 Å². The van der Waals surface area contributed by atoms with Crippen molar-refractivity contribution in [3.63, 3.8) is 0 Å². The number of hydrogen-bond donors (Lipinski definition) is 0. The van der Waals surface area contributed by atoms with Crippen LogP contribution in [0, 0.1) is 5.41 Å². The summed E-state index contributed by atoms with van der Waals surface area (Å²) in [4.78, 5) is 24.5. The van der Waals surface area contributed by atoms with Crippen molar-refractivity contribution in [2.75, 3.05) is 0 Å². The Labute approximate surface area is 116 Å². The molecule has 104 valence electrons. The maximum atomic E-state index is 12.6. The molecule has 0 saturated carbocycles. The van der Waals surface area contributed by atoms with Gasteiger partial charge in [0.05, 0.1) is 5.41 Å². The van der Waals surface area contributed by atoms with E-state index >= 15 is 0 Å². The smallest absolute Gasteiger partial charge is 0.176 e. The molecule has 1 aromatic carbocycles. The van der Waals surface area contributed by atoms with Crippen molar-refractivity contribution in [1.29, 1.82) is 0 Å². The van der Waals surface area contributed by atoms with Crippen molar-refractivity contribution < 1.29 is 9.59 Å². The Morgan fingerprint density at radius 1 is 1.05 bits per heavy atom. The number of rotatable bonds is 8. The van der Waals surface area contributed by atoms with Crippen LogP contribution in [0.25, 0.3) is 0 Å². The Morgan fingerprint density at radius 3 is 2.21 bits per heavy atom. The Balaban J connectivity index is 2.81. The van der Waals surface area contributed by atoms with Crippen molar-refractivity contribution >= 4 is 11.6 Å². The highest BCUT2D eigenvalue weighted by molar-refractivity contribution is 6.13. The predicted octanol–water partition coefficient (Wildman–Crippen LogP) is 4.44. The maximum Gasteiger partial charge on any atom is 0.176 e. The van der Waals surface area contributed by atoms with Gasteiger partial charge in [-0.2, -0.15) is 0 Å². The lowest BCUT2D eigenvalue weighted by Crippen LogP contribution is -2.35. The molecule has 0 aliphatic heterocycles. The monoisotopic (exact) mass is 260 g/mol. The molecule has 0 bridgehead atoms. The highest BCUT2D eigenvalue weighted by Crippen LogP contribution is 2.30. The van der Waals surface area contributed by atoms with Crippen LogP contribution in [0.4, 0.5) is 0 Å². The van der Waals surface area contributed by atoms with Crippen LogP contribution in [0.5, 0.6) is 0 Å². The van der Waals surface area contributed by atoms with E-state index in [0.29, 0.717) is 12.0 Å². The largest absolute Gasteiger partial charge is 0.299 e. The summed E-state index contributed by atoms with van der Waals surface area (Å²) >= 11 is 0. The second kappa shape index (κ2) is 7.22. The number of unbranched alkanes of at least 4 members (excludes halogenated alkanes) is 3. The number of Topliss-reactive ketones (excluding diaryl/α,β-unsaturated/α-hetero) is 2. The number of carbonyl (C=O) groups excluding carboxylic acids is 2. The normalized spacial score (nSPS) is 13.8. The van der Waals surface area contributed by atoms with Gasteiger partial charge in [0.2, 0.25) is 0 Å². The first-order chi connectivity index (χ1) is 9.02. The molecular weight excluding hydrogens is 236 g/mol. The van der Waals surface area contributed by atoms with Crippen LogP contribution in [-0.2, 0) is 4.79 Å². The Morgan fingerprint density at radius 2 is 1.68 bits per heavy atom. The second-order valence-electron chi connectivity index (χ2n) is 5.39. The summed E-state index contributed by atoms with van der Waals surface area (Å²) < 4.78 is 0. The Bertz CT molecular complexity index is 422. The SMILES string of the molecule is CCCCCCC(C)(C(C)=O)C(=O)c1ccccc1. The van der Waals surface area contributed by atoms with Gasteiger partial charge in [-0.05, 0) is 20.3 Å². The van der Waals surface area contributed by atoms with E-state index < -0.39 is 5.41 Å². The standard InChI is InChI=1S/C17H24O2/c1-4-5-6-10-13-17(3,14(2)18)16(19)15-11-8-7-9-12-15/h7-9,11-12H,4-6,10,13H2,1-3H3. The molecule has 2 heteroatoms. The van der Waals surface area contributed by atoms with Crippen molar-refractivity contribution in [2.45, 2.75) is 52.9 Å². The van der Waals surface area contributed by atoms with Crippen molar-refractivity contribution in [1.82, 2.24) is 0 Å². The molecule has 2 nitrogen and oxygen atoms in total. The first kappa shape index (κ1) is 15.6. The van der Waals surface area contributed by atoms with Crippen LogP contribution < -0.4 is 0 Å². The van der Waals surface area contributed by atoms with E-state index in [-0.39, 0.29) is 11.6 Å². The molecule has 0 heterocycles. The molecule has 1 rings (SSSR count). The average molecular weight is 260 g/mol. The third-order valence-corrected chi connectivity index (χ3v) is 3.84. The molecule has 0 amide bonds. The van der Waals surface area contributed by atoms with Gasteiger partial charge >= 0.3 is 0 Å². The molecule has 1 atom stereocenters. The van der Waals surface area contributed by atoms with Gasteiger partial charge in [0.25, 0.3) is 0 Å². The lowest BCUT2D eigenvalue weighted by molar-refractivity contribution is -0.123. The van der Waals surface area contributed by atoms with Crippen LogP contribution >= 0.6 is 0 Å². The first-order valence-electron chi connectivity index (χ1n) is 7.13. The second-order valence-corrected chi connectivity index (χ2v) is 5.39. The Kier molecular flexibility index (Phi) is 5.94. The fraction of sp³-hybridized carbons (Fsp3) is 0.529. The molecule has 19 heavy (non-hydrogen) atoms. The highest BCUT2D eigenvalue weighted by atomic mass is 16.2. The van der Waals surface area contributed by atoms with E-state index in [1.807, 2.05) is 18.2 Å². The molecule has 0 radical (unpaired) electrons. The zero-order chi connectivity index (χ0) is 14.3. The molecule has 0 fully saturated rings. The summed E-state index contributed by atoms with van der Waals surface area (Å²) in [6.07, 6.45) is 4.98. The predicted molar refractivity (Wildman–Crippen MR) is 78.3 cm³/mol. The number of ketones is 2. The fourth-order valence-corrected chi connectivity index (χ4v) is 2.26. The number of carbonyl (C=O) groups is 2.